The summed E-state index contributed by atoms with van der Waals surface area (Å²) in [6.45, 7) is 4.94. The van der Waals surface area contributed by atoms with Crippen molar-refractivity contribution in [2.24, 2.45) is 10.9 Å². The molecule has 0 spiro atoms. The molecule has 2 N–H and O–H groups in total. The predicted octanol–water partition coefficient (Wildman–Crippen LogP) is 2.37. The van der Waals surface area contributed by atoms with Crippen molar-refractivity contribution >= 4 is 47.2 Å². The standard InChI is InChI=1S/C20H34N4O3S.HI/c1-24(2)19(25)15-23-20(22-10-6-18-5-3-14-28-18)21-9-4-11-27-16-17-7-12-26-13-8-17;/h3,5,14,17H,4,6-13,15-16H2,1-2H3,(H2,21,22,23);1H. The Morgan fingerprint density at radius 2 is 2.07 bits per heavy atom. The molecule has 0 bridgehead atoms. The third kappa shape index (κ3) is 11.8. The third-order valence-corrected chi connectivity index (χ3v) is 5.50. The number of amides is 1. The first-order chi connectivity index (χ1) is 13.6. The number of aliphatic imine (C=N–C) groups is 1. The number of carbonyl (C=O) groups excluding carboxylic acids is 1. The zero-order valence-electron chi connectivity index (χ0n) is 17.5. The first-order valence-corrected chi connectivity index (χ1v) is 10.9. The second-order valence-electron chi connectivity index (χ2n) is 7.12. The van der Waals surface area contributed by atoms with Crippen LogP contribution in [0.1, 0.15) is 24.1 Å². The molecular formula is C20H35IN4O3S. The molecule has 166 valence electrons. The van der Waals surface area contributed by atoms with E-state index in [1.54, 1.807) is 30.3 Å². The van der Waals surface area contributed by atoms with Gasteiger partial charge >= 0.3 is 0 Å². The monoisotopic (exact) mass is 538 g/mol. The lowest BCUT2D eigenvalue weighted by Gasteiger charge is -2.21. The van der Waals surface area contributed by atoms with E-state index in [0.717, 1.165) is 65.2 Å². The fourth-order valence-electron chi connectivity index (χ4n) is 2.77. The van der Waals surface area contributed by atoms with E-state index < -0.39 is 0 Å². The second kappa shape index (κ2) is 15.9. The van der Waals surface area contributed by atoms with Crippen molar-refractivity contribution in [1.29, 1.82) is 0 Å². The summed E-state index contributed by atoms with van der Waals surface area (Å²) < 4.78 is 11.2. The fourth-order valence-corrected chi connectivity index (χ4v) is 3.47. The Balaban J connectivity index is 0.00000420. The van der Waals surface area contributed by atoms with Crippen LogP contribution in [0.4, 0.5) is 0 Å². The first kappa shape index (κ1) is 26.1. The summed E-state index contributed by atoms with van der Waals surface area (Å²) in [5.41, 5.74) is 0. The molecule has 0 radical (unpaired) electrons. The van der Waals surface area contributed by atoms with Crippen LogP contribution in [-0.2, 0) is 20.7 Å². The molecule has 1 aliphatic heterocycles. The highest BCUT2D eigenvalue weighted by atomic mass is 127. The van der Waals surface area contributed by atoms with Crippen molar-refractivity contribution in [3.63, 3.8) is 0 Å². The first-order valence-electron chi connectivity index (χ1n) is 10.1. The van der Waals surface area contributed by atoms with Crippen LogP contribution in [0, 0.1) is 5.92 Å². The Bertz CT molecular complexity index is 578. The zero-order valence-corrected chi connectivity index (χ0v) is 20.7. The van der Waals surface area contributed by atoms with Crippen LogP contribution in [0.3, 0.4) is 0 Å². The maximum atomic E-state index is 11.8. The van der Waals surface area contributed by atoms with Crippen LogP contribution in [0.2, 0.25) is 0 Å². The molecule has 0 aromatic carbocycles. The smallest absolute Gasteiger partial charge is 0.243 e. The zero-order chi connectivity index (χ0) is 20.0. The number of hydrogen-bond acceptors (Lipinski definition) is 5. The molecule has 9 heteroatoms. The Kier molecular flexibility index (Phi) is 14.3. The van der Waals surface area contributed by atoms with Gasteiger partial charge in [-0.05, 0) is 43.0 Å². The van der Waals surface area contributed by atoms with E-state index >= 15 is 0 Å². The summed E-state index contributed by atoms with van der Waals surface area (Å²) >= 11 is 1.75. The summed E-state index contributed by atoms with van der Waals surface area (Å²) in [7, 11) is 3.48. The predicted molar refractivity (Wildman–Crippen MR) is 129 cm³/mol. The molecule has 29 heavy (non-hydrogen) atoms. The molecule has 0 aliphatic carbocycles. The van der Waals surface area contributed by atoms with Gasteiger partial charge in [-0.25, -0.2) is 4.99 Å². The number of thiophene rings is 1. The third-order valence-electron chi connectivity index (χ3n) is 4.57. The van der Waals surface area contributed by atoms with Crippen LogP contribution in [0.15, 0.2) is 22.5 Å². The Morgan fingerprint density at radius 3 is 2.76 bits per heavy atom. The van der Waals surface area contributed by atoms with Gasteiger partial charge in [0.15, 0.2) is 5.96 Å². The maximum Gasteiger partial charge on any atom is 0.243 e. The molecule has 0 saturated carbocycles. The van der Waals surface area contributed by atoms with Crippen molar-refractivity contribution in [2.45, 2.75) is 25.7 Å². The lowest BCUT2D eigenvalue weighted by atomic mass is 10.0. The molecule has 1 aromatic rings. The molecule has 0 unspecified atom stereocenters. The van der Waals surface area contributed by atoms with Gasteiger partial charge in [0.05, 0.1) is 0 Å². The molecule has 2 heterocycles. The van der Waals surface area contributed by atoms with E-state index in [1.807, 2.05) is 0 Å². The molecule has 1 aromatic heterocycles. The highest BCUT2D eigenvalue weighted by Gasteiger charge is 2.13. The minimum Gasteiger partial charge on any atom is -0.381 e. The van der Waals surface area contributed by atoms with Crippen LogP contribution >= 0.6 is 35.3 Å². The van der Waals surface area contributed by atoms with Crippen LogP contribution in [-0.4, -0.2) is 76.9 Å². The van der Waals surface area contributed by atoms with Gasteiger partial charge in [0.2, 0.25) is 5.91 Å². The van der Waals surface area contributed by atoms with Gasteiger partial charge in [0.1, 0.15) is 6.54 Å². The normalized spacial score (nSPS) is 14.9. The maximum absolute atomic E-state index is 11.8. The molecule has 2 rings (SSSR count). The molecule has 1 aliphatic rings. The molecular weight excluding hydrogens is 503 g/mol. The number of guanidine groups is 1. The SMILES string of the molecule is CN(C)C(=O)CN=C(NCCCOCC1CCOCC1)NCCc1cccs1.I. The summed E-state index contributed by atoms with van der Waals surface area (Å²) in [4.78, 5) is 19.1. The van der Waals surface area contributed by atoms with Gasteiger partial charge in [-0.15, -0.1) is 35.3 Å². The Hall–Kier alpha value is -0.910. The number of hydrogen-bond donors (Lipinski definition) is 2. The lowest BCUT2D eigenvalue weighted by Crippen LogP contribution is -2.40. The lowest BCUT2D eigenvalue weighted by molar-refractivity contribution is -0.127. The molecule has 1 amide bonds. The van der Waals surface area contributed by atoms with E-state index in [4.69, 9.17) is 9.47 Å². The highest BCUT2D eigenvalue weighted by Crippen LogP contribution is 2.14. The van der Waals surface area contributed by atoms with Crippen molar-refractivity contribution in [3.8, 4) is 0 Å². The largest absolute Gasteiger partial charge is 0.381 e. The van der Waals surface area contributed by atoms with Gasteiger partial charge < -0.3 is 25.0 Å². The van der Waals surface area contributed by atoms with Gasteiger partial charge in [-0.3, -0.25) is 4.79 Å². The van der Waals surface area contributed by atoms with Crippen LogP contribution < -0.4 is 10.6 Å². The van der Waals surface area contributed by atoms with Gasteiger partial charge in [0, 0.05) is 58.5 Å². The number of halogens is 1. The van der Waals surface area contributed by atoms with E-state index in [1.165, 1.54) is 4.88 Å². The number of nitrogens with zero attached hydrogens (tertiary/aromatic N) is 2. The molecule has 1 fully saturated rings. The second-order valence-corrected chi connectivity index (χ2v) is 8.15. The molecule has 0 atom stereocenters. The molecule has 1 saturated heterocycles. The number of ether oxygens (including phenoxy) is 2. The number of nitrogens with one attached hydrogen (secondary N) is 2. The average Bonchev–Trinajstić information content (AvgIpc) is 3.22. The van der Waals surface area contributed by atoms with E-state index in [0.29, 0.717) is 11.9 Å². The van der Waals surface area contributed by atoms with E-state index in [9.17, 15) is 4.79 Å². The quantitative estimate of drug-likeness (QED) is 0.196. The Morgan fingerprint density at radius 1 is 1.31 bits per heavy atom. The summed E-state index contributed by atoms with van der Waals surface area (Å²) in [6.07, 6.45) is 4.04. The van der Waals surface area contributed by atoms with Crippen molar-refractivity contribution in [3.05, 3.63) is 22.4 Å². The van der Waals surface area contributed by atoms with Gasteiger partial charge in [0.25, 0.3) is 0 Å². The minimum absolute atomic E-state index is 0. The van der Waals surface area contributed by atoms with Crippen molar-refractivity contribution in [1.82, 2.24) is 15.5 Å². The molecule has 7 nitrogen and oxygen atoms in total. The van der Waals surface area contributed by atoms with Crippen molar-refractivity contribution in [2.75, 3.05) is 60.2 Å². The van der Waals surface area contributed by atoms with Crippen LogP contribution in [0.5, 0.6) is 0 Å². The Labute approximate surface area is 195 Å². The number of rotatable bonds is 11. The van der Waals surface area contributed by atoms with E-state index in [-0.39, 0.29) is 36.4 Å². The van der Waals surface area contributed by atoms with Gasteiger partial charge in [-0.1, -0.05) is 6.07 Å². The average molecular weight is 538 g/mol. The van der Waals surface area contributed by atoms with Crippen LogP contribution in [0.25, 0.3) is 0 Å². The van der Waals surface area contributed by atoms with Gasteiger partial charge in [-0.2, -0.15) is 0 Å². The topological polar surface area (TPSA) is 75.2 Å². The number of carbonyl (C=O) groups is 1. The van der Waals surface area contributed by atoms with E-state index in [2.05, 4.69) is 33.1 Å². The summed E-state index contributed by atoms with van der Waals surface area (Å²) in [6, 6.07) is 4.19. The highest BCUT2D eigenvalue weighted by molar-refractivity contribution is 14.0. The number of likely N-dealkylation sites (N-methyl/N-ethyl adjacent to an activating group) is 1. The fraction of sp³-hybridized carbons (Fsp3) is 0.700. The summed E-state index contributed by atoms with van der Waals surface area (Å²) in [5, 5.41) is 8.70. The van der Waals surface area contributed by atoms with Crippen molar-refractivity contribution < 1.29 is 14.3 Å². The minimum atomic E-state index is -0.0147. The summed E-state index contributed by atoms with van der Waals surface area (Å²) in [5.74, 6) is 1.30.